The lowest BCUT2D eigenvalue weighted by molar-refractivity contribution is 0.478. The van der Waals surface area contributed by atoms with Gasteiger partial charge in [-0.05, 0) is 36.4 Å². The van der Waals surface area contributed by atoms with E-state index >= 15 is 0 Å². The van der Waals surface area contributed by atoms with Gasteiger partial charge in [0.2, 0.25) is 0 Å². The van der Waals surface area contributed by atoms with Gasteiger partial charge in [0.25, 0.3) is 0 Å². The molecule has 0 radical (unpaired) electrons. The minimum absolute atomic E-state index is 0.0860. The lowest BCUT2D eigenvalue weighted by Gasteiger charge is -2.00. The molecule has 1 aromatic heterocycles. The van der Waals surface area contributed by atoms with E-state index in [4.69, 9.17) is 17.3 Å². The Morgan fingerprint density at radius 1 is 1.17 bits per heavy atom. The molecule has 0 saturated heterocycles. The van der Waals surface area contributed by atoms with Crippen molar-refractivity contribution < 1.29 is 5.11 Å². The third kappa shape index (κ3) is 1.89. The molecule has 90 valence electrons. The highest BCUT2D eigenvalue weighted by Gasteiger charge is 2.08. The second-order valence-corrected chi connectivity index (χ2v) is 5.37. The zero-order chi connectivity index (χ0) is 12.7. The number of anilines is 1. The first-order chi connectivity index (χ1) is 8.63. The van der Waals surface area contributed by atoms with Gasteiger partial charge in [-0.15, -0.1) is 11.3 Å². The van der Waals surface area contributed by atoms with Gasteiger partial charge in [-0.3, -0.25) is 0 Å². The van der Waals surface area contributed by atoms with E-state index in [2.05, 4.69) is 4.98 Å². The minimum Gasteiger partial charge on any atom is -0.506 e. The Balaban J connectivity index is 2.16. The predicted molar refractivity (Wildman–Crippen MR) is 76.1 cm³/mol. The number of aromatic nitrogens is 1. The molecule has 0 aliphatic heterocycles. The summed E-state index contributed by atoms with van der Waals surface area (Å²) in [6.07, 6.45) is 0. The van der Waals surface area contributed by atoms with Crippen LogP contribution >= 0.6 is 22.9 Å². The van der Waals surface area contributed by atoms with E-state index in [9.17, 15) is 5.11 Å². The average Bonchev–Trinajstić information content (AvgIpc) is 2.75. The number of hydrogen-bond acceptors (Lipinski definition) is 4. The molecule has 0 amide bonds. The molecule has 3 N–H and O–H groups in total. The normalized spacial score (nSPS) is 10.9. The van der Waals surface area contributed by atoms with E-state index in [1.165, 1.54) is 0 Å². The molecule has 0 fully saturated rings. The van der Waals surface area contributed by atoms with Gasteiger partial charge < -0.3 is 10.8 Å². The van der Waals surface area contributed by atoms with Crippen molar-refractivity contribution in [2.75, 3.05) is 5.73 Å². The van der Waals surface area contributed by atoms with E-state index in [0.29, 0.717) is 10.7 Å². The summed E-state index contributed by atoms with van der Waals surface area (Å²) in [5.41, 5.74) is 7.79. The van der Waals surface area contributed by atoms with Gasteiger partial charge in [-0.2, -0.15) is 0 Å². The van der Waals surface area contributed by atoms with Crippen molar-refractivity contribution in [3.63, 3.8) is 0 Å². The Kier molecular flexibility index (Phi) is 2.61. The minimum atomic E-state index is 0.0860. The van der Waals surface area contributed by atoms with Crippen LogP contribution in [0.25, 0.3) is 20.8 Å². The molecule has 3 nitrogen and oxygen atoms in total. The molecule has 1 heterocycles. The van der Waals surface area contributed by atoms with Gasteiger partial charge in [-0.1, -0.05) is 11.6 Å². The van der Waals surface area contributed by atoms with E-state index in [1.807, 2.05) is 18.2 Å². The van der Waals surface area contributed by atoms with Crippen LogP contribution in [-0.2, 0) is 0 Å². The number of phenols is 1. The van der Waals surface area contributed by atoms with Crippen molar-refractivity contribution in [2.24, 2.45) is 0 Å². The zero-order valence-corrected chi connectivity index (χ0v) is 10.8. The molecular weight excluding hydrogens is 268 g/mol. The quantitative estimate of drug-likeness (QED) is 0.523. The van der Waals surface area contributed by atoms with Crippen molar-refractivity contribution in [3.8, 4) is 16.3 Å². The van der Waals surface area contributed by atoms with Crippen LogP contribution < -0.4 is 5.73 Å². The number of aromatic hydroxyl groups is 1. The standard InChI is InChI=1S/C13H9ClN2OS/c14-8-2-4-12-10(6-8)16-13(18-12)7-1-3-11(17)9(15)5-7/h1-6,17H,15H2. The Bertz CT molecular complexity index is 739. The molecule has 2 aromatic carbocycles. The molecular formula is C13H9ClN2OS. The van der Waals surface area contributed by atoms with Gasteiger partial charge in [0.15, 0.2) is 0 Å². The van der Waals surface area contributed by atoms with Crippen molar-refractivity contribution in [3.05, 3.63) is 41.4 Å². The third-order valence-corrected chi connectivity index (χ3v) is 3.94. The highest BCUT2D eigenvalue weighted by atomic mass is 35.5. The summed E-state index contributed by atoms with van der Waals surface area (Å²) in [6.45, 7) is 0. The number of nitrogen functional groups attached to an aromatic ring is 1. The molecule has 3 aromatic rings. The molecule has 0 spiro atoms. The second kappa shape index (κ2) is 4.15. The topological polar surface area (TPSA) is 59.1 Å². The number of phenolic OH excluding ortho intramolecular Hbond substituents is 1. The molecule has 5 heteroatoms. The molecule has 0 aliphatic rings. The summed E-state index contributed by atoms with van der Waals surface area (Å²) in [5, 5.41) is 10.9. The number of nitrogens with two attached hydrogens (primary N) is 1. The van der Waals surface area contributed by atoms with Crippen LogP contribution in [0.3, 0.4) is 0 Å². The lowest BCUT2D eigenvalue weighted by Crippen LogP contribution is -1.86. The second-order valence-electron chi connectivity index (χ2n) is 3.90. The first kappa shape index (κ1) is 11.3. The molecule has 0 saturated carbocycles. The fourth-order valence-corrected chi connectivity index (χ4v) is 2.82. The summed E-state index contributed by atoms with van der Waals surface area (Å²) in [5.74, 6) is 0.0860. The maximum absolute atomic E-state index is 9.41. The first-order valence-electron chi connectivity index (χ1n) is 5.28. The molecule has 0 bridgehead atoms. The number of nitrogens with zero attached hydrogens (tertiary/aromatic N) is 1. The maximum Gasteiger partial charge on any atom is 0.138 e. The van der Waals surface area contributed by atoms with E-state index in [0.717, 1.165) is 20.8 Å². The van der Waals surface area contributed by atoms with Gasteiger partial charge in [0, 0.05) is 10.6 Å². The SMILES string of the molecule is Nc1cc(-c2nc3cc(Cl)ccc3s2)ccc1O. The largest absolute Gasteiger partial charge is 0.506 e. The molecule has 0 aliphatic carbocycles. The van der Waals surface area contributed by atoms with Crippen molar-refractivity contribution in [1.29, 1.82) is 0 Å². The first-order valence-corrected chi connectivity index (χ1v) is 6.48. The Morgan fingerprint density at radius 2 is 2.00 bits per heavy atom. The fraction of sp³-hybridized carbons (Fsp3) is 0. The maximum atomic E-state index is 9.41. The van der Waals surface area contributed by atoms with Crippen LogP contribution in [0.1, 0.15) is 0 Å². The summed E-state index contributed by atoms with van der Waals surface area (Å²) < 4.78 is 1.07. The summed E-state index contributed by atoms with van der Waals surface area (Å²) >= 11 is 7.50. The van der Waals surface area contributed by atoms with Crippen molar-refractivity contribution in [1.82, 2.24) is 4.98 Å². The van der Waals surface area contributed by atoms with E-state index < -0.39 is 0 Å². The van der Waals surface area contributed by atoms with Crippen molar-refractivity contribution in [2.45, 2.75) is 0 Å². The summed E-state index contributed by atoms with van der Waals surface area (Å²) in [7, 11) is 0. The number of fused-ring (bicyclic) bond motifs is 1. The van der Waals surface area contributed by atoms with E-state index in [-0.39, 0.29) is 5.75 Å². The zero-order valence-electron chi connectivity index (χ0n) is 9.22. The number of halogens is 1. The van der Waals surface area contributed by atoms with Crippen LogP contribution in [0, 0.1) is 0 Å². The summed E-state index contributed by atoms with van der Waals surface area (Å²) in [4.78, 5) is 4.51. The monoisotopic (exact) mass is 276 g/mol. The molecule has 18 heavy (non-hydrogen) atoms. The fourth-order valence-electron chi connectivity index (χ4n) is 1.71. The van der Waals surface area contributed by atoms with Gasteiger partial charge in [0.1, 0.15) is 10.8 Å². The van der Waals surface area contributed by atoms with E-state index in [1.54, 1.807) is 29.5 Å². The summed E-state index contributed by atoms with van der Waals surface area (Å²) in [6, 6.07) is 10.7. The lowest BCUT2D eigenvalue weighted by atomic mass is 10.2. The Labute approximate surface area is 112 Å². The van der Waals surface area contributed by atoms with Gasteiger partial charge in [0.05, 0.1) is 15.9 Å². The highest BCUT2D eigenvalue weighted by Crippen LogP contribution is 2.34. The van der Waals surface area contributed by atoms with Crippen LogP contribution in [0.15, 0.2) is 36.4 Å². The van der Waals surface area contributed by atoms with Crippen molar-refractivity contribution >= 4 is 38.8 Å². The van der Waals surface area contributed by atoms with Crippen LogP contribution in [0.4, 0.5) is 5.69 Å². The Hall–Kier alpha value is -1.78. The van der Waals surface area contributed by atoms with Gasteiger partial charge >= 0.3 is 0 Å². The highest BCUT2D eigenvalue weighted by molar-refractivity contribution is 7.21. The smallest absolute Gasteiger partial charge is 0.138 e. The number of hydrogen-bond donors (Lipinski definition) is 2. The number of benzene rings is 2. The van der Waals surface area contributed by atoms with Crippen LogP contribution in [-0.4, -0.2) is 10.1 Å². The van der Waals surface area contributed by atoms with Crippen LogP contribution in [0.5, 0.6) is 5.75 Å². The van der Waals surface area contributed by atoms with Gasteiger partial charge in [-0.25, -0.2) is 4.98 Å². The average molecular weight is 277 g/mol. The number of rotatable bonds is 1. The molecule has 3 rings (SSSR count). The molecule has 0 atom stereocenters. The molecule has 0 unspecified atom stereocenters. The Morgan fingerprint density at radius 3 is 2.78 bits per heavy atom. The number of thiazole rings is 1. The third-order valence-electron chi connectivity index (χ3n) is 2.62. The predicted octanol–water partition coefficient (Wildman–Crippen LogP) is 3.90. The van der Waals surface area contributed by atoms with Crippen LogP contribution in [0.2, 0.25) is 5.02 Å².